The Hall–Kier alpha value is -4.07. The lowest BCUT2D eigenvalue weighted by molar-refractivity contribution is 0.415. The van der Waals surface area contributed by atoms with Gasteiger partial charge in [-0.2, -0.15) is 4.98 Å². The molecule has 8 heteroatoms. The number of aryl methyl sites for hydroxylation is 2. The molecule has 5 aromatic rings. The molecule has 0 bridgehead atoms. The number of benzene rings is 2. The van der Waals surface area contributed by atoms with Crippen molar-refractivity contribution in [1.82, 2.24) is 24.9 Å². The Morgan fingerprint density at radius 1 is 1.03 bits per heavy atom. The number of methoxy groups -OCH3 is 1. The molecule has 0 unspecified atom stereocenters. The number of aromatic amines is 2. The van der Waals surface area contributed by atoms with E-state index in [0.717, 1.165) is 51.6 Å². The average Bonchev–Trinajstić information content (AvgIpc) is 3.39. The van der Waals surface area contributed by atoms with Crippen LogP contribution in [0.2, 0.25) is 0 Å². The summed E-state index contributed by atoms with van der Waals surface area (Å²) < 4.78 is 5.35. The van der Waals surface area contributed by atoms with Gasteiger partial charge in [-0.05, 0) is 62.2 Å². The van der Waals surface area contributed by atoms with Crippen molar-refractivity contribution in [2.24, 2.45) is 0 Å². The van der Waals surface area contributed by atoms with E-state index in [4.69, 9.17) is 4.74 Å². The van der Waals surface area contributed by atoms with E-state index in [0.29, 0.717) is 12.5 Å². The van der Waals surface area contributed by atoms with Crippen LogP contribution in [0.5, 0.6) is 5.75 Å². The van der Waals surface area contributed by atoms with Crippen LogP contribution in [0.1, 0.15) is 17.0 Å². The number of ether oxygens (including phenoxy) is 1. The number of hydrogen-bond acceptors (Lipinski definition) is 6. The van der Waals surface area contributed by atoms with Gasteiger partial charge in [0.2, 0.25) is 5.95 Å². The van der Waals surface area contributed by atoms with Gasteiger partial charge in [-0.25, -0.2) is 9.97 Å². The Balaban J connectivity index is 1.27. The molecule has 32 heavy (non-hydrogen) atoms. The van der Waals surface area contributed by atoms with Crippen LogP contribution in [0.25, 0.3) is 21.9 Å². The average molecular weight is 428 g/mol. The van der Waals surface area contributed by atoms with Gasteiger partial charge in [0.1, 0.15) is 17.4 Å². The molecule has 0 aliphatic heterocycles. The molecule has 0 aliphatic carbocycles. The molecule has 0 aliphatic rings. The van der Waals surface area contributed by atoms with E-state index in [9.17, 15) is 0 Å². The Morgan fingerprint density at radius 3 is 2.78 bits per heavy atom. The van der Waals surface area contributed by atoms with E-state index in [2.05, 4.69) is 48.5 Å². The molecule has 8 nitrogen and oxygen atoms in total. The summed E-state index contributed by atoms with van der Waals surface area (Å²) >= 11 is 0. The van der Waals surface area contributed by atoms with Crippen molar-refractivity contribution < 1.29 is 4.74 Å². The molecule has 3 heterocycles. The number of imidazole rings is 1. The number of anilines is 3. The van der Waals surface area contributed by atoms with Gasteiger partial charge in [-0.1, -0.05) is 0 Å². The zero-order chi connectivity index (χ0) is 22.1. The van der Waals surface area contributed by atoms with Gasteiger partial charge in [0.05, 0.1) is 18.1 Å². The molecule has 3 aromatic heterocycles. The first-order valence-corrected chi connectivity index (χ1v) is 10.5. The lowest BCUT2D eigenvalue weighted by Crippen LogP contribution is -2.08. The van der Waals surface area contributed by atoms with Crippen LogP contribution in [-0.2, 0) is 6.42 Å². The van der Waals surface area contributed by atoms with Gasteiger partial charge in [0.25, 0.3) is 0 Å². The summed E-state index contributed by atoms with van der Waals surface area (Å²) in [4.78, 5) is 20.1. The molecule has 0 spiro atoms. The van der Waals surface area contributed by atoms with E-state index in [1.54, 1.807) is 13.3 Å². The molecule has 2 aromatic carbocycles. The number of H-pyrrole nitrogens is 2. The summed E-state index contributed by atoms with van der Waals surface area (Å²) in [5, 5.41) is 7.88. The molecule has 0 saturated carbocycles. The minimum Gasteiger partial charge on any atom is -0.497 e. The smallest absolute Gasteiger partial charge is 0.224 e. The Bertz CT molecular complexity index is 1400. The molecule has 4 N–H and O–H groups in total. The Morgan fingerprint density at radius 2 is 1.91 bits per heavy atom. The minimum absolute atomic E-state index is 0.585. The van der Waals surface area contributed by atoms with Crippen molar-refractivity contribution >= 4 is 39.4 Å². The summed E-state index contributed by atoms with van der Waals surface area (Å²) in [6.07, 6.45) is 4.63. The third-order valence-electron chi connectivity index (χ3n) is 5.60. The van der Waals surface area contributed by atoms with Gasteiger partial charge >= 0.3 is 0 Å². The second kappa shape index (κ2) is 8.22. The van der Waals surface area contributed by atoms with Crippen LogP contribution in [0, 0.1) is 13.8 Å². The maximum absolute atomic E-state index is 5.35. The Kier molecular flexibility index (Phi) is 5.10. The summed E-state index contributed by atoms with van der Waals surface area (Å²) in [5.74, 6) is 3.07. The number of nitrogens with one attached hydrogen (secondary N) is 4. The second-order valence-corrected chi connectivity index (χ2v) is 7.75. The van der Waals surface area contributed by atoms with Crippen molar-refractivity contribution in [2.75, 3.05) is 24.3 Å². The largest absolute Gasteiger partial charge is 0.497 e. The molecule has 0 atom stereocenters. The van der Waals surface area contributed by atoms with Crippen molar-refractivity contribution in [2.45, 2.75) is 20.3 Å². The van der Waals surface area contributed by atoms with Gasteiger partial charge in [0, 0.05) is 41.1 Å². The van der Waals surface area contributed by atoms with Crippen LogP contribution >= 0.6 is 0 Å². The van der Waals surface area contributed by atoms with Crippen molar-refractivity contribution in [3.63, 3.8) is 0 Å². The van der Waals surface area contributed by atoms with E-state index in [-0.39, 0.29) is 0 Å². The lowest BCUT2D eigenvalue weighted by atomic mass is 10.1. The molecular weight excluding hydrogens is 402 g/mol. The van der Waals surface area contributed by atoms with Gasteiger partial charge in [-0.15, -0.1) is 0 Å². The molecule has 0 radical (unpaired) electrons. The van der Waals surface area contributed by atoms with Crippen LogP contribution in [-0.4, -0.2) is 38.6 Å². The van der Waals surface area contributed by atoms with E-state index >= 15 is 0 Å². The van der Waals surface area contributed by atoms with Crippen LogP contribution < -0.4 is 15.4 Å². The fourth-order valence-corrected chi connectivity index (χ4v) is 3.92. The number of rotatable bonds is 7. The SMILES string of the molecule is COc1ccc2[nH]cc(CCNc3nccc(Nc4ccc5[nH]c(C)nc5c4C)n3)c2c1. The predicted molar refractivity (Wildman–Crippen MR) is 128 cm³/mol. The molecule has 0 saturated heterocycles. The zero-order valence-electron chi connectivity index (χ0n) is 18.3. The molecule has 0 amide bonds. The van der Waals surface area contributed by atoms with E-state index < -0.39 is 0 Å². The zero-order valence-corrected chi connectivity index (χ0v) is 18.3. The minimum atomic E-state index is 0.585. The second-order valence-electron chi connectivity index (χ2n) is 7.75. The molecular formula is C24H25N7O. The fraction of sp³-hybridized carbons (Fsp3) is 0.208. The number of hydrogen-bond donors (Lipinski definition) is 4. The van der Waals surface area contributed by atoms with Crippen molar-refractivity contribution in [3.05, 3.63) is 65.7 Å². The lowest BCUT2D eigenvalue weighted by Gasteiger charge is -2.11. The number of aromatic nitrogens is 5. The highest BCUT2D eigenvalue weighted by Crippen LogP contribution is 2.26. The molecule has 162 valence electrons. The Labute approximate surface area is 185 Å². The normalized spacial score (nSPS) is 11.2. The predicted octanol–water partition coefficient (Wildman–Crippen LogP) is 4.86. The molecule has 5 rings (SSSR count). The summed E-state index contributed by atoms with van der Waals surface area (Å²) in [6, 6.07) is 12.0. The topological polar surface area (TPSA) is 104 Å². The highest BCUT2D eigenvalue weighted by molar-refractivity contribution is 5.86. The summed E-state index contributed by atoms with van der Waals surface area (Å²) in [6.45, 7) is 4.73. The standard InChI is InChI=1S/C24H25N7O/c1-14-19(6-7-21-23(14)29-15(2)28-21)30-22-9-11-26-24(31-22)25-10-8-16-13-27-20-5-4-17(32-3)12-18(16)20/h4-7,9,11-13,27H,8,10H2,1-3H3,(H,28,29)(H2,25,26,30,31). The third kappa shape index (κ3) is 3.82. The summed E-state index contributed by atoms with van der Waals surface area (Å²) in [7, 11) is 1.68. The monoisotopic (exact) mass is 427 g/mol. The van der Waals surface area contributed by atoms with Crippen LogP contribution in [0.15, 0.2) is 48.8 Å². The quantitative estimate of drug-likeness (QED) is 0.296. The maximum Gasteiger partial charge on any atom is 0.224 e. The van der Waals surface area contributed by atoms with Gasteiger partial charge in [-0.3, -0.25) is 0 Å². The highest BCUT2D eigenvalue weighted by atomic mass is 16.5. The highest BCUT2D eigenvalue weighted by Gasteiger charge is 2.09. The van der Waals surface area contributed by atoms with Crippen LogP contribution in [0.4, 0.5) is 17.5 Å². The maximum atomic E-state index is 5.35. The fourth-order valence-electron chi connectivity index (χ4n) is 3.92. The first-order chi connectivity index (χ1) is 15.6. The van der Waals surface area contributed by atoms with Crippen molar-refractivity contribution in [3.8, 4) is 5.75 Å². The number of fused-ring (bicyclic) bond motifs is 2. The van der Waals surface area contributed by atoms with Crippen molar-refractivity contribution in [1.29, 1.82) is 0 Å². The first kappa shape index (κ1) is 19.9. The van der Waals surface area contributed by atoms with Crippen LogP contribution in [0.3, 0.4) is 0 Å². The van der Waals surface area contributed by atoms with E-state index in [1.165, 1.54) is 10.9 Å². The third-order valence-corrected chi connectivity index (χ3v) is 5.60. The van der Waals surface area contributed by atoms with E-state index in [1.807, 2.05) is 43.5 Å². The molecule has 0 fully saturated rings. The number of nitrogens with zero attached hydrogens (tertiary/aromatic N) is 3. The van der Waals surface area contributed by atoms with Gasteiger partial charge < -0.3 is 25.3 Å². The summed E-state index contributed by atoms with van der Waals surface area (Å²) in [5.41, 5.74) is 6.37. The first-order valence-electron chi connectivity index (χ1n) is 10.5. The van der Waals surface area contributed by atoms with Gasteiger partial charge in [0.15, 0.2) is 0 Å².